The highest BCUT2D eigenvalue weighted by Gasteiger charge is 2.26. The van der Waals surface area contributed by atoms with E-state index >= 15 is 0 Å². The van der Waals surface area contributed by atoms with Crippen LogP contribution >= 0.6 is 11.8 Å². The van der Waals surface area contributed by atoms with Crippen molar-refractivity contribution >= 4 is 41.8 Å². The average molecular weight is 306 g/mol. The van der Waals surface area contributed by atoms with Crippen LogP contribution in [0.1, 0.15) is 5.56 Å². The molecule has 2 amide bonds. The largest absolute Gasteiger partial charge is 0.491 e. The van der Waals surface area contributed by atoms with E-state index in [-0.39, 0.29) is 18.4 Å². The van der Waals surface area contributed by atoms with Crippen LogP contribution in [0.25, 0.3) is 0 Å². The number of carbonyl (C=O) groups is 2. The minimum Gasteiger partial charge on any atom is -0.423 e. The van der Waals surface area contributed by atoms with E-state index in [1.807, 2.05) is 6.07 Å². The van der Waals surface area contributed by atoms with Crippen molar-refractivity contribution in [3.05, 3.63) is 23.8 Å². The van der Waals surface area contributed by atoms with E-state index < -0.39 is 7.12 Å². The van der Waals surface area contributed by atoms with Gasteiger partial charge in [-0.05, 0) is 29.6 Å². The lowest BCUT2D eigenvalue weighted by Crippen LogP contribution is -2.41. The van der Waals surface area contributed by atoms with Gasteiger partial charge in [0.25, 0.3) is 0 Å². The van der Waals surface area contributed by atoms with Crippen LogP contribution in [0.15, 0.2) is 18.2 Å². The highest BCUT2D eigenvalue weighted by atomic mass is 32.2. The summed E-state index contributed by atoms with van der Waals surface area (Å²) in [5.41, 5.74) is 2.31. The summed E-state index contributed by atoms with van der Waals surface area (Å²) >= 11 is 1.50. The van der Waals surface area contributed by atoms with Crippen molar-refractivity contribution in [2.24, 2.45) is 0 Å². The molecule has 110 valence electrons. The van der Waals surface area contributed by atoms with Gasteiger partial charge in [-0.15, -0.1) is 11.8 Å². The smallest absolute Gasteiger partial charge is 0.423 e. The van der Waals surface area contributed by atoms with Crippen LogP contribution in [0.3, 0.4) is 0 Å². The van der Waals surface area contributed by atoms with Gasteiger partial charge in [0.1, 0.15) is 6.54 Å². The van der Waals surface area contributed by atoms with Crippen LogP contribution in [0.5, 0.6) is 0 Å². The van der Waals surface area contributed by atoms with E-state index in [0.717, 1.165) is 12.0 Å². The van der Waals surface area contributed by atoms with Gasteiger partial charge in [-0.2, -0.15) is 0 Å². The fourth-order valence-electron chi connectivity index (χ4n) is 2.41. The number of fused-ring (bicyclic) bond motifs is 1. The highest BCUT2D eigenvalue weighted by Crippen LogP contribution is 2.16. The van der Waals surface area contributed by atoms with Crippen LogP contribution in [-0.4, -0.2) is 53.6 Å². The summed E-state index contributed by atoms with van der Waals surface area (Å²) in [6.45, 7) is 0.552. The number of nitrogens with zero attached hydrogens (tertiary/aromatic N) is 1. The number of amides is 2. The molecule has 2 heterocycles. The minimum absolute atomic E-state index is 0.00980. The van der Waals surface area contributed by atoms with Crippen molar-refractivity contribution in [3.63, 3.8) is 0 Å². The van der Waals surface area contributed by atoms with Gasteiger partial charge in [0.05, 0.1) is 11.6 Å². The molecule has 0 aromatic heterocycles. The molecule has 2 aliphatic heterocycles. The molecule has 21 heavy (non-hydrogen) atoms. The Labute approximate surface area is 127 Å². The summed E-state index contributed by atoms with van der Waals surface area (Å²) in [7, 11) is -0.942. The van der Waals surface area contributed by atoms with Gasteiger partial charge in [0.2, 0.25) is 11.8 Å². The summed E-state index contributed by atoms with van der Waals surface area (Å²) in [4.78, 5) is 25.0. The average Bonchev–Trinajstić information content (AvgIpc) is 2.85. The molecule has 0 spiro atoms. The quantitative estimate of drug-likeness (QED) is 0.731. The van der Waals surface area contributed by atoms with Gasteiger partial charge in [0.15, 0.2) is 0 Å². The van der Waals surface area contributed by atoms with Gasteiger partial charge in [-0.1, -0.05) is 6.07 Å². The van der Waals surface area contributed by atoms with Crippen LogP contribution in [-0.2, 0) is 20.7 Å². The predicted molar refractivity (Wildman–Crippen MR) is 81.4 cm³/mol. The second kappa shape index (κ2) is 6.09. The third-order valence-electron chi connectivity index (χ3n) is 3.50. The van der Waals surface area contributed by atoms with E-state index in [1.54, 1.807) is 12.1 Å². The third-order valence-corrected chi connectivity index (χ3v) is 4.45. The van der Waals surface area contributed by atoms with Crippen LogP contribution in [0, 0.1) is 0 Å². The molecule has 1 saturated heterocycles. The highest BCUT2D eigenvalue weighted by molar-refractivity contribution is 8.00. The van der Waals surface area contributed by atoms with Crippen molar-refractivity contribution in [2.75, 3.05) is 30.1 Å². The number of hydrogen-bond acceptors (Lipinski definition) is 5. The molecule has 0 saturated carbocycles. The zero-order valence-electron chi connectivity index (χ0n) is 11.4. The number of carbonyl (C=O) groups excluding carboxylic acids is 2. The van der Waals surface area contributed by atoms with Crippen molar-refractivity contribution in [2.45, 2.75) is 6.42 Å². The molecule has 0 radical (unpaired) electrons. The van der Waals surface area contributed by atoms with Gasteiger partial charge in [0, 0.05) is 12.3 Å². The van der Waals surface area contributed by atoms with Gasteiger partial charge in [-0.25, -0.2) is 0 Å². The molecule has 1 fully saturated rings. The second-order valence-corrected chi connectivity index (χ2v) is 5.96. The predicted octanol–water partition coefficient (Wildman–Crippen LogP) is -0.582. The summed E-state index contributed by atoms with van der Waals surface area (Å²) in [5, 5.41) is 12.5. The number of nitrogens with one attached hydrogen (secondary N) is 1. The first-order chi connectivity index (χ1) is 10.1. The van der Waals surface area contributed by atoms with E-state index in [0.29, 0.717) is 29.4 Å². The molecule has 2 N–H and O–H groups in total. The first-order valence-corrected chi connectivity index (χ1v) is 7.87. The third kappa shape index (κ3) is 3.23. The van der Waals surface area contributed by atoms with E-state index in [2.05, 4.69) is 5.32 Å². The number of benzene rings is 1. The maximum absolute atomic E-state index is 12.0. The van der Waals surface area contributed by atoms with E-state index in [1.165, 1.54) is 16.7 Å². The molecule has 1 aromatic rings. The molecule has 6 nitrogen and oxygen atoms in total. The Kier molecular flexibility index (Phi) is 4.18. The first kappa shape index (κ1) is 14.4. The fourth-order valence-corrected chi connectivity index (χ4v) is 3.32. The fraction of sp³-hybridized carbons (Fsp3) is 0.385. The molecule has 0 aliphatic carbocycles. The van der Waals surface area contributed by atoms with Crippen molar-refractivity contribution in [1.29, 1.82) is 0 Å². The van der Waals surface area contributed by atoms with Gasteiger partial charge >= 0.3 is 7.12 Å². The number of thioether (sulfide) groups is 1. The van der Waals surface area contributed by atoms with Gasteiger partial charge in [-0.3, -0.25) is 9.59 Å². The number of hydrogen-bond donors (Lipinski definition) is 2. The maximum atomic E-state index is 12.0. The summed E-state index contributed by atoms with van der Waals surface area (Å²) in [5.74, 6) is 0.750. The van der Waals surface area contributed by atoms with Gasteiger partial charge < -0.3 is 19.9 Å². The first-order valence-electron chi connectivity index (χ1n) is 6.71. The maximum Gasteiger partial charge on any atom is 0.491 e. The van der Waals surface area contributed by atoms with Crippen molar-refractivity contribution < 1.29 is 19.3 Å². The molecule has 3 rings (SSSR count). The molecular weight excluding hydrogens is 291 g/mol. The topological polar surface area (TPSA) is 78.9 Å². The Balaban J connectivity index is 1.66. The molecule has 2 aliphatic rings. The standard InChI is InChI=1S/C13H15BN2O4S/c17-12(6-16-8-21-7-13(16)18)15-10-2-1-9-3-4-20-14(19)11(9)5-10/h1-2,5,19H,3-4,6-8H2,(H,15,17). The molecule has 8 heteroatoms. The lowest BCUT2D eigenvalue weighted by Gasteiger charge is -2.20. The number of anilines is 1. The SMILES string of the molecule is O=C(CN1CSCC1=O)Nc1ccc2c(c1)B(O)OCC2. The monoisotopic (exact) mass is 306 g/mol. The Morgan fingerprint density at radius 3 is 3.14 bits per heavy atom. The van der Waals surface area contributed by atoms with Crippen LogP contribution in [0.2, 0.25) is 0 Å². The molecule has 0 atom stereocenters. The molecular formula is C13H15BN2O4S. The normalized spacial score (nSPS) is 17.9. The van der Waals surface area contributed by atoms with Crippen LogP contribution < -0.4 is 10.8 Å². The number of rotatable bonds is 3. The Bertz CT molecular complexity index is 583. The minimum atomic E-state index is -0.942. The zero-order valence-corrected chi connectivity index (χ0v) is 12.2. The Morgan fingerprint density at radius 2 is 2.38 bits per heavy atom. The Hall–Kier alpha value is -1.51. The Morgan fingerprint density at radius 1 is 1.52 bits per heavy atom. The summed E-state index contributed by atoms with van der Waals surface area (Å²) < 4.78 is 5.17. The zero-order chi connectivity index (χ0) is 14.8. The summed E-state index contributed by atoms with van der Waals surface area (Å²) in [6.07, 6.45) is 0.750. The van der Waals surface area contributed by atoms with E-state index in [9.17, 15) is 14.6 Å². The summed E-state index contributed by atoms with van der Waals surface area (Å²) in [6, 6.07) is 5.40. The van der Waals surface area contributed by atoms with E-state index in [4.69, 9.17) is 4.65 Å². The van der Waals surface area contributed by atoms with Crippen molar-refractivity contribution in [1.82, 2.24) is 4.90 Å². The molecule has 0 unspecified atom stereocenters. The van der Waals surface area contributed by atoms with Crippen LogP contribution in [0.4, 0.5) is 5.69 Å². The molecule has 1 aromatic carbocycles. The van der Waals surface area contributed by atoms with Crippen molar-refractivity contribution in [3.8, 4) is 0 Å². The lowest BCUT2D eigenvalue weighted by molar-refractivity contribution is -0.130. The molecule has 0 bridgehead atoms. The lowest BCUT2D eigenvalue weighted by atomic mass is 9.73. The second-order valence-electron chi connectivity index (χ2n) is 5.00.